The second kappa shape index (κ2) is 17.9. The SMILES string of the molecule is Cn1c2ccsc2c2sc(C3=C4C(=O)OC(c5cc6c(s5)c5sc(-c7ccc(N8c9ccccc9C(C)(C)c9cc(C%10=C%11C(=O)OC(c%12ccc%13c(c%12)C(C)(C)c%12ccccc%12N%13c%12ccccc%12)=C%11C(=O)O%10)ccc98)cc7)cc5n6C)=C4C(=O)O3)cc21. The van der Waals surface area contributed by atoms with Crippen molar-refractivity contribution in [1.82, 2.24) is 9.13 Å². The predicted molar refractivity (Wildman–Crippen MR) is 350 cm³/mol. The summed E-state index contributed by atoms with van der Waals surface area (Å²) in [7, 11) is 4.05. The average Bonchev–Trinajstić information content (AvgIpc) is 2.70. The highest BCUT2D eigenvalue weighted by molar-refractivity contribution is 7.29. The number of ether oxygens (including phenoxy) is 4. The Bertz CT molecular complexity index is 5400. The Morgan fingerprint density at radius 3 is 1.25 bits per heavy atom. The average molecular weight is 1220 g/mol. The zero-order valence-corrected chi connectivity index (χ0v) is 51.1. The Hall–Kier alpha value is -9.84. The summed E-state index contributed by atoms with van der Waals surface area (Å²) in [5.74, 6) is -1.60. The second-order valence-electron chi connectivity index (χ2n) is 23.9. The number of fused-ring (bicyclic) bond motifs is 12. The van der Waals surface area contributed by atoms with Crippen LogP contribution in [0.3, 0.4) is 0 Å². The number of carbonyl (C=O) groups is 4. The molecule has 88 heavy (non-hydrogen) atoms. The fourth-order valence-electron chi connectivity index (χ4n) is 14.1. The van der Waals surface area contributed by atoms with Crippen LogP contribution in [-0.2, 0) is 63.1 Å². The maximum atomic E-state index is 14.2. The van der Waals surface area contributed by atoms with Gasteiger partial charge in [-0.15, -0.1) is 45.3 Å². The molecule has 0 bridgehead atoms. The molecule has 0 amide bonds. The molecule has 0 saturated heterocycles. The van der Waals surface area contributed by atoms with E-state index in [2.05, 4.69) is 173 Å². The molecular formula is C72H46N4O8S4. The quantitative estimate of drug-likeness (QED) is 0.113. The van der Waals surface area contributed by atoms with E-state index < -0.39 is 34.7 Å². The number of hydrogen-bond donors (Lipinski definition) is 0. The van der Waals surface area contributed by atoms with Crippen LogP contribution < -0.4 is 9.80 Å². The van der Waals surface area contributed by atoms with E-state index in [0.29, 0.717) is 20.9 Å². The Morgan fingerprint density at radius 2 is 0.739 bits per heavy atom. The maximum Gasteiger partial charge on any atom is 0.348 e. The summed E-state index contributed by atoms with van der Waals surface area (Å²) in [6, 6.07) is 56.0. The minimum absolute atomic E-state index is 0.123. The number of para-hydroxylation sites is 3. The normalized spacial score (nSPS) is 17.2. The number of carbonyl (C=O) groups excluding carboxylic acids is 4. The Morgan fingerprint density at radius 1 is 0.352 bits per heavy atom. The Balaban J connectivity index is 0.671. The van der Waals surface area contributed by atoms with Crippen molar-refractivity contribution in [3.63, 3.8) is 0 Å². The molecule has 0 unspecified atom stereocenters. The van der Waals surface area contributed by atoms with E-state index in [0.717, 1.165) is 108 Å². The van der Waals surface area contributed by atoms with Gasteiger partial charge in [-0.3, -0.25) is 0 Å². The highest BCUT2D eigenvalue weighted by Gasteiger charge is 2.49. The first-order valence-electron chi connectivity index (χ1n) is 28.7. The van der Waals surface area contributed by atoms with Crippen molar-refractivity contribution in [3.8, 4) is 10.4 Å². The lowest BCUT2D eigenvalue weighted by atomic mass is 9.73. The number of aryl methyl sites for hydroxylation is 2. The molecule has 6 aliphatic rings. The van der Waals surface area contributed by atoms with E-state index in [1.165, 1.54) is 22.7 Å². The van der Waals surface area contributed by atoms with Gasteiger partial charge in [0.05, 0.1) is 73.4 Å². The molecule has 0 atom stereocenters. The third-order valence-corrected chi connectivity index (χ3v) is 23.1. The number of cyclic esters (lactones) is 4. The molecule has 18 rings (SSSR count). The minimum Gasteiger partial charge on any atom is -0.421 e. The van der Waals surface area contributed by atoms with Crippen LogP contribution in [0.25, 0.3) is 74.3 Å². The molecule has 12 aromatic rings. The molecule has 0 aliphatic carbocycles. The van der Waals surface area contributed by atoms with Gasteiger partial charge in [-0.1, -0.05) is 94.4 Å². The van der Waals surface area contributed by atoms with Gasteiger partial charge in [0.25, 0.3) is 0 Å². The summed E-state index contributed by atoms with van der Waals surface area (Å²) >= 11 is 6.37. The van der Waals surface area contributed by atoms with E-state index in [9.17, 15) is 19.2 Å². The maximum absolute atomic E-state index is 14.2. The molecular weight excluding hydrogens is 1180 g/mol. The molecule has 12 heterocycles. The number of nitrogens with zero attached hydrogens (tertiary/aromatic N) is 4. The smallest absolute Gasteiger partial charge is 0.348 e. The molecule has 12 nitrogen and oxygen atoms in total. The van der Waals surface area contributed by atoms with Gasteiger partial charge >= 0.3 is 23.9 Å². The van der Waals surface area contributed by atoms with Crippen LogP contribution in [0.2, 0.25) is 0 Å². The van der Waals surface area contributed by atoms with Crippen LogP contribution in [0.15, 0.2) is 191 Å². The number of thiophene rings is 4. The second-order valence-corrected chi connectivity index (χ2v) is 28.0. The summed E-state index contributed by atoms with van der Waals surface area (Å²) < 4.78 is 32.8. The predicted octanol–water partition coefficient (Wildman–Crippen LogP) is 17.6. The molecule has 6 aliphatic heterocycles. The van der Waals surface area contributed by atoms with Crippen molar-refractivity contribution in [2.45, 2.75) is 38.5 Å². The number of benzene rings is 6. The largest absolute Gasteiger partial charge is 0.421 e. The van der Waals surface area contributed by atoms with Crippen LogP contribution in [0.4, 0.5) is 34.1 Å². The molecule has 16 heteroatoms. The first-order valence-corrected chi connectivity index (χ1v) is 32.0. The number of rotatable bonds is 7. The molecule has 0 N–H and O–H groups in total. The molecule has 0 fully saturated rings. The van der Waals surface area contributed by atoms with Crippen molar-refractivity contribution >= 4 is 167 Å². The minimum atomic E-state index is -0.633. The summed E-state index contributed by atoms with van der Waals surface area (Å²) in [6.45, 7) is 8.80. The number of hydrogen-bond acceptors (Lipinski definition) is 14. The van der Waals surface area contributed by atoms with E-state index in [4.69, 9.17) is 18.9 Å². The van der Waals surface area contributed by atoms with Crippen molar-refractivity contribution in [2.75, 3.05) is 9.80 Å². The summed E-state index contributed by atoms with van der Waals surface area (Å²) in [5, 5.41) is 2.06. The lowest BCUT2D eigenvalue weighted by Crippen LogP contribution is -2.30. The van der Waals surface area contributed by atoms with Crippen LogP contribution in [0, 0.1) is 0 Å². The third-order valence-electron chi connectivity index (χ3n) is 18.5. The van der Waals surface area contributed by atoms with Crippen molar-refractivity contribution in [2.24, 2.45) is 14.1 Å². The number of esters is 4. The zero-order valence-electron chi connectivity index (χ0n) is 47.9. The van der Waals surface area contributed by atoms with Gasteiger partial charge in [-0.05, 0) is 130 Å². The number of aromatic nitrogens is 2. The molecule has 426 valence electrons. The summed E-state index contributed by atoms with van der Waals surface area (Å²) in [4.78, 5) is 62.9. The molecule has 0 spiro atoms. The standard InChI is InChI=1S/C72H46N4O8S4/c1-71(2)40-16-10-12-18-44(40)75(38-14-8-7-9-15-38)46-26-22-36(30-42(46)71)59-55-56(68(78)81-59)60(82-67(55)77)37-23-27-47-43(31-37)72(3,4)41-17-11-13-19-45(41)76(47)39-24-20-35(21-25-39)52-32-49-65(86-52)66-51(74(49)6)34-54(88-66)62-58-57(69(79)84-62)61(83-70(58)80)53-33-50-64(87-53)63-48(73(50)5)28-29-85-63/h7-34H,1-6H3. The van der Waals surface area contributed by atoms with E-state index in [1.807, 2.05) is 56.6 Å². The highest BCUT2D eigenvalue weighted by atomic mass is 32.1. The van der Waals surface area contributed by atoms with Crippen LogP contribution >= 0.6 is 45.3 Å². The molecule has 6 aromatic heterocycles. The Kier molecular flexibility index (Phi) is 10.4. The van der Waals surface area contributed by atoms with Crippen molar-refractivity contribution in [1.29, 1.82) is 0 Å². The lowest BCUT2D eigenvalue weighted by molar-refractivity contribution is -0.132. The summed E-state index contributed by atoms with van der Waals surface area (Å²) in [6.07, 6.45) is 0. The van der Waals surface area contributed by atoms with Gasteiger partial charge < -0.3 is 37.9 Å². The zero-order chi connectivity index (χ0) is 59.5. The fraction of sp³-hybridized carbons (Fsp3) is 0.111. The van der Waals surface area contributed by atoms with Crippen LogP contribution in [-0.4, -0.2) is 33.0 Å². The molecule has 0 radical (unpaired) electrons. The highest BCUT2D eigenvalue weighted by Crippen LogP contribution is 2.57. The first kappa shape index (κ1) is 51.4. The van der Waals surface area contributed by atoms with E-state index in [-0.39, 0.29) is 45.3 Å². The van der Waals surface area contributed by atoms with Crippen LogP contribution in [0.1, 0.15) is 70.8 Å². The van der Waals surface area contributed by atoms with Gasteiger partial charge in [0.2, 0.25) is 0 Å². The summed E-state index contributed by atoms with van der Waals surface area (Å²) in [5.41, 5.74) is 16.4. The number of anilines is 6. The van der Waals surface area contributed by atoms with Crippen LogP contribution in [0.5, 0.6) is 0 Å². The van der Waals surface area contributed by atoms with E-state index >= 15 is 0 Å². The Labute approximate surface area is 518 Å². The van der Waals surface area contributed by atoms with Gasteiger partial charge in [0, 0.05) is 52.3 Å². The fourth-order valence-corrected chi connectivity index (χ4v) is 18.9. The molecule has 0 saturated carbocycles. The van der Waals surface area contributed by atoms with Gasteiger partial charge in [0.15, 0.2) is 23.0 Å². The van der Waals surface area contributed by atoms with E-state index in [1.54, 1.807) is 22.7 Å². The van der Waals surface area contributed by atoms with Gasteiger partial charge in [-0.2, -0.15) is 0 Å². The van der Waals surface area contributed by atoms with Gasteiger partial charge in [0.1, 0.15) is 22.3 Å². The third kappa shape index (κ3) is 6.87. The first-order chi connectivity index (χ1) is 42.6. The van der Waals surface area contributed by atoms with Gasteiger partial charge in [-0.25, -0.2) is 19.2 Å². The van der Waals surface area contributed by atoms with Crippen molar-refractivity contribution in [3.05, 3.63) is 235 Å². The molecule has 6 aromatic carbocycles. The lowest BCUT2D eigenvalue weighted by Gasteiger charge is -2.42. The topological polar surface area (TPSA) is 122 Å². The van der Waals surface area contributed by atoms with Crippen molar-refractivity contribution < 1.29 is 38.1 Å². The monoisotopic (exact) mass is 1220 g/mol.